The van der Waals surface area contributed by atoms with Gasteiger partial charge in [0.25, 0.3) is 0 Å². The van der Waals surface area contributed by atoms with Crippen LogP contribution in [0.5, 0.6) is 0 Å². The number of anilines is 1. The topological polar surface area (TPSA) is 115 Å². The van der Waals surface area contributed by atoms with Crippen molar-refractivity contribution in [3.63, 3.8) is 0 Å². The number of hydrogen-bond acceptors (Lipinski definition) is 6. The number of aryl methyl sites for hydroxylation is 2. The third-order valence-electron chi connectivity index (χ3n) is 4.74. The van der Waals surface area contributed by atoms with Gasteiger partial charge in [0.1, 0.15) is 12.7 Å². The molecule has 0 saturated carbocycles. The van der Waals surface area contributed by atoms with E-state index in [4.69, 9.17) is 4.42 Å². The summed E-state index contributed by atoms with van der Waals surface area (Å²) in [6.07, 6.45) is 5.21. The highest BCUT2D eigenvalue weighted by atomic mass is 16.4. The van der Waals surface area contributed by atoms with Gasteiger partial charge in [-0.15, -0.1) is 0 Å². The van der Waals surface area contributed by atoms with Crippen LogP contribution in [0, 0.1) is 6.92 Å². The maximum atomic E-state index is 12.1. The highest BCUT2D eigenvalue weighted by Gasteiger charge is 2.10. The summed E-state index contributed by atoms with van der Waals surface area (Å²) in [5, 5.41) is 9.39. The van der Waals surface area contributed by atoms with Gasteiger partial charge in [0, 0.05) is 24.1 Å². The van der Waals surface area contributed by atoms with Crippen LogP contribution in [0.3, 0.4) is 0 Å². The molecule has 0 unspecified atom stereocenters. The standard InChI is InChI=1S/C23H22N6O3/c1-16-2-4-17(5-3-16)20-12-26-23(32-20)11-10-21(30)25-13-22(31)28-18-6-8-19(9-7-18)29-15-24-14-27-29/h2-9,12,14-15H,10-11,13H2,1H3,(H,25,30)(H,28,31). The first kappa shape index (κ1) is 21.0. The fraction of sp³-hybridized carbons (Fsp3) is 0.174. The molecule has 2 amide bonds. The van der Waals surface area contributed by atoms with E-state index < -0.39 is 0 Å². The Labute approximate surface area is 184 Å². The Morgan fingerprint density at radius 1 is 1.03 bits per heavy atom. The van der Waals surface area contributed by atoms with Crippen LogP contribution in [0.2, 0.25) is 0 Å². The average molecular weight is 430 g/mol. The number of nitrogens with one attached hydrogen (secondary N) is 2. The first-order chi connectivity index (χ1) is 15.6. The summed E-state index contributed by atoms with van der Waals surface area (Å²) in [5.41, 5.74) is 3.55. The van der Waals surface area contributed by atoms with Crippen molar-refractivity contribution in [2.24, 2.45) is 0 Å². The highest BCUT2D eigenvalue weighted by molar-refractivity contribution is 5.94. The Balaban J connectivity index is 1.20. The number of hydrogen-bond donors (Lipinski definition) is 2. The van der Waals surface area contributed by atoms with Gasteiger partial charge in [0.2, 0.25) is 11.8 Å². The molecule has 0 bridgehead atoms. The molecule has 0 atom stereocenters. The molecule has 9 nitrogen and oxygen atoms in total. The molecule has 0 fully saturated rings. The van der Waals surface area contributed by atoms with Crippen molar-refractivity contribution in [2.75, 3.05) is 11.9 Å². The highest BCUT2D eigenvalue weighted by Crippen LogP contribution is 2.21. The van der Waals surface area contributed by atoms with Gasteiger partial charge in [-0.3, -0.25) is 9.59 Å². The lowest BCUT2D eigenvalue weighted by Crippen LogP contribution is -2.32. The number of nitrogens with zero attached hydrogens (tertiary/aromatic N) is 4. The first-order valence-electron chi connectivity index (χ1n) is 10.1. The van der Waals surface area contributed by atoms with Gasteiger partial charge in [-0.05, 0) is 31.2 Å². The zero-order valence-corrected chi connectivity index (χ0v) is 17.5. The molecule has 162 valence electrons. The van der Waals surface area contributed by atoms with Crippen molar-refractivity contribution in [2.45, 2.75) is 19.8 Å². The molecule has 4 rings (SSSR count). The number of carbonyl (C=O) groups excluding carboxylic acids is 2. The van der Waals surface area contributed by atoms with Gasteiger partial charge in [-0.25, -0.2) is 14.6 Å². The number of benzene rings is 2. The number of aromatic nitrogens is 4. The minimum absolute atomic E-state index is 0.121. The van der Waals surface area contributed by atoms with Crippen molar-refractivity contribution >= 4 is 17.5 Å². The van der Waals surface area contributed by atoms with Crippen LogP contribution in [0.1, 0.15) is 17.9 Å². The molecular formula is C23H22N6O3. The number of rotatable bonds is 8. The van der Waals surface area contributed by atoms with Gasteiger partial charge in [-0.2, -0.15) is 5.10 Å². The molecule has 2 N–H and O–H groups in total. The van der Waals surface area contributed by atoms with Crippen LogP contribution >= 0.6 is 0 Å². The smallest absolute Gasteiger partial charge is 0.243 e. The molecule has 32 heavy (non-hydrogen) atoms. The summed E-state index contributed by atoms with van der Waals surface area (Å²) in [7, 11) is 0. The minimum Gasteiger partial charge on any atom is -0.441 e. The van der Waals surface area contributed by atoms with Crippen molar-refractivity contribution in [1.29, 1.82) is 0 Å². The van der Waals surface area contributed by atoms with E-state index in [0.29, 0.717) is 23.8 Å². The largest absolute Gasteiger partial charge is 0.441 e. The Kier molecular flexibility index (Phi) is 6.35. The molecule has 0 radical (unpaired) electrons. The van der Waals surface area contributed by atoms with E-state index in [1.165, 1.54) is 6.33 Å². The van der Waals surface area contributed by atoms with Crippen molar-refractivity contribution in [3.05, 3.63) is 78.8 Å². The van der Waals surface area contributed by atoms with Gasteiger partial charge in [0.05, 0.1) is 18.4 Å². The summed E-state index contributed by atoms with van der Waals surface area (Å²) in [5.74, 6) is 0.573. The minimum atomic E-state index is -0.315. The molecule has 2 heterocycles. The summed E-state index contributed by atoms with van der Waals surface area (Å²) in [6, 6.07) is 15.1. The van der Waals surface area contributed by atoms with E-state index in [-0.39, 0.29) is 24.8 Å². The van der Waals surface area contributed by atoms with E-state index in [9.17, 15) is 9.59 Å². The monoisotopic (exact) mass is 430 g/mol. The summed E-state index contributed by atoms with van der Waals surface area (Å²) < 4.78 is 7.34. The summed E-state index contributed by atoms with van der Waals surface area (Å²) in [4.78, 5) is 32.3. The predicted octanol–water partition coefficient (Wildman–Crippen LogP) is 2.92. The molecule has 2 aromatic heterocycles. The van der Waals surface area contributed by atoms with Crippen molar-refractivity contribution in [3.8, 4) is 17.0 Å². The van der Waals surface area contributed by atoms with Crippen LogP contribution in [0.4, 0.5) is 5.69 Å². The molecule has 4 aromatic rings. The molecule has 9 heteroatoms. The quantitative estimate of drug-likeness (QED) is 0.444. The van der Waals surface area contributed by atoms with Crippen molar-refractivity contribution in [1.82, 2.24) is 25.1 Å². The normalized spacial score (nSPS) is 10.7. The lowest BCUT2D eigenvalue weighted by Gasteiger charge is -2.07. The second-order valence-electron chi connectivity index (χ2n) is 7.20. The van der Waals surface area contributed by atoms with Crippen LogP contribution in [-0.2, 0) is 16.0 Å². The zero-order chi connectivity index (χ0) is 22.3. The lowest BCUT2D eigenvalue weighted by atomic mass is 10.1. The van der Waals surface area contributed by atoms with Gasteiger partial charge < -0.3 is 15.1 Å². The molecule has 0 spiro atoms. The fourth-order valence-corrected chi connectivity index (χ4v) is 3.01. The number of carbonyl (C=O) groups is 2. The number of oxazole rings is 1. The van der Waals surface area contributed by atoms with Gasteiger partial charge in [-0.1, -0.05) is 29.8 Å². The maximum absolute atomic E-state index is 12.1. The third kappa shape index (κ3) is 5.45. The Morgan fingerprint density at radius 2 is 1.81 bits per heavy atom. The van der Waals surface area contributed by atoms with E-state index in [2.05, 4.69) is 25.7 Å². The fourth-order valence-electron chi connectivity index (χ4n) is 3.01. The van der Waals surface area contributed by atoms with E-state index in [1.54, 1.807) is 29.3 Å². The summed E-state index contributed by atoms with van der Waals surface area (Å²) in [6.45, 7) is 1.90. The lowest BCUT2D eigenvalue weighted by molar-refractivity contribution is -0.124. The van der Waals surface area contributed by atoms with E-state index in [1.807, 2.05) is 43.3 Å². The average Bonchev–Trinajstić information content (AvgIpc) is 3.50. The maximum Gasteiger partial charge on any atom is 0.243 e. The molecule has 0 aliphatic rings. The van der Waals surface area contributed by atoms with Gasteiger partial charge in [0.15, 0.2) is 11.7 Å². The predicted molar refractivity (Wildman–Crippen MR) is 118 cm³/mol. The zero-order valence-electron chi connectivity index (χ0n) is 17.5. The molecule has 0 saturated heterocycles. The van der Waals surface area contributed by atoms with E-state index in [0.717, 1.165) is 16.8 Å². The second kappa shape index (κ2) is 9.69. The van der Waals surface area contributed by atoms with Crippen LogP contribution < -0.4 is 10.6 Å². The second-order valence-corrected chi connectivity index (χ2v) is 7.20. The molecular weight excluding hydrogens is 408 g/mol. The molecule has 0 aliphatic heterocycles. The SMILES string of the molecule is Cc1ccc(-c2cnc(CCC(=O)NCC(=O)Nc3ccc(-n4cncn4)cc3)o2)cc1. The van der Waals surface area contributed by atoms with Gasteiger partial charge >= 0.3 is 0 Å². The third-order valence-corrected chi connectivity index (χ3v) is 4.74. The Morgan fingerprint density at radius 3 is 2.53 bits per heavy atom. The van der Waals surface area contributed by atoms with Crippen molar-refractivity contribution < 1.29 is 14.0 Å². The Bertz CT molecular complexity index is 1180. The molecule has 0 aliphatic carbocycles. The van der Waals surface area contributed by atoms with Crippen LogP contribution in [0.15, 0.2) is 71.8 Å². The van der Waals surface area contributed by atoms with Crippen LogP contribution in [-0.4, -0.2) is 38.1 Å². The molecule has 2 aromatic carbocycles. The van der Waals surface area contributed by atoms with E-state index >= 15 is 0 Å². The summed E-state index contributed by atoms with van der Waals surface area (Å²) >= 11 is 0. The van der Waals surface area contributed by atoms with Crippen LogP contribution in [0.25, 0.3) is 17.0 Å². The Hall–Kier alpha value is -4.27. The number of amides is 2. The first-order valence-corrected chi connectivity index (χ1v) is 10.1.